The Morgan fingerprint density at radius 1 is 0.217 bits per heavy atom. The monoisotopic (exact) mass is 1080 g/mol. The smallest absolute Gasteiger partial charge is 0.240 e. The van der Waals surface area contributed by atoms with Gasteiger partial charge in [-0.25, -0.2) is 0 Å². The predicted molar refractivity (Wildman–Crippen MR) is 346 cm³/mol. The molecule has 0 spiro atoms. The fourth-order valence-corrected chi connectivity index (χ4v) is 18.5. The molecular weight excluding hydrogens is 1030 g/mol. The van der Waals surface area contributed by atoms with E-state index in [2.05, 4.69) is 316 Å². The van der Waals surface area contributed by atoms with Gasteiger partial charge in [-0.15, -0.1) is 0 Å². The maximum absolute atomic E-state index is 5.67. The van der Waals surface area contributed by atoms with Crippen molar-refractivity contribution in [3.63, 3.8) is 0 Å². The summed E-state index contributed by atoms with van der Waals surface area (Å²) in [5.74, 6) is 1.62. The van der Waals surface area contributed by atoms with E-state index in [4.69, 9.17) is 15.0 Å². The van der Waals surface area contributed by atoms with E-state index in [1.54, 1.807) is 0 Å². The number of nitrogens with zero attached hydrogens (tertiary/aromatic N) is 7. The third kappa shape index (κ3) is 7.06. The zero-order chi connectivity index (χ0) is 54.6. The minimum Gasteiger partial charge on any atom is -0.309 e. The van der Waals surface area contributed by atoms with Gasteiger partial charge in [-0.2, -0.15) is 15.0 Å². The second-order valence-corrected chi connectivity index (χ2v) is 25.3. The third-order valence-corrected chi connectivity index (χ3v) is 21.9. The molecule has 7 nitrogen and oxygen atoms in total. The van der Waals surface area contributed by atoms with Crippen LogP contribution in [0.1, 0.15) is 0 Å². The van der Waals surface area contributed by atoms with Gasteiger partial charge in [-0.3, -0.25) is 9.13 Å². The highest BCUT2D eigenvalue weighted by atomic mass is 28.3. The molecule has 0 bridgehead atoms. The molecule has 0 aliphatic carbocycles. The Morgan fingerprint density at radius 3 is 0.892 bits per heavy atom. The summed E-state index contributed by atoms with van der Waals surface area (Å²) in [4.78, 5) is 17.0. The van der Waals surface area contributed by atoms with Crippen LogP contribution in [0.4, 0.5) is 0 Å². The molecule has 17 rings (SSSR count). The van der Waals surface area contributed by atoms with Crippen LogP contribution in [0.3, 0.4) is 0 Å². The Kier molecular flexibility index (Phi) is 10.5. The zero-order valence-electron chi connectivity index (χ0n) is 44.9. The molecule has 0 atom stereocenters. The van der Waals surface area contributed by atoms with Crippen LogP contribution < -0.4 is 20.7 Å². The van der Waals surface area contributed by atoms with Gasteiger partial charge in [0.2, 0.25) is 11.9 Å². The van der Waals surface area contributed by atoms with Gasteiger partial charge < -0.3 is 9.13 Å². The number of aromatic nitrogens is 7. The largest absolute Gasteiger partial charge is 0.309 e. The highest BCUT2D eigenvalue weighted by molar-refractivity contribution is 7.19. The van der Waals surface area contributed by atoms with E-state index in [0.717, 1.165) is 82.6 Å². The Balaban J connectivity index is 0.931. The lowest BCUT2D eigenvalue weighted by Gasteiger charge is -2.34. The molecule has 0 radical (unpaired) electrons. The maximum Gasteiger partial charge on any atom is 0.240 e. The number of fused-ring (bicyclic) bond motifs is 12. The zero-order valence-corrected chi connectivity index (χ0v) is 45.9. The summed E-state index contributed by atoms with van der Waals surface area (Å²) < 4.78 is 9.26. The summed E-state index contributed by atoms with van der Waals surface area (Å²) in [5, 5.41) is 14.4. The standard InChI is InChI=1S/C75H49N7Si/c1-4-24-53(25-5-1)83(54-26-6-2-7-27-54,55-28-8-3-9-29-55)56-30-22-23-50(47-56)73-76-74(81-69-41-20-14-35-61(69)63-48-51(43-45-71(63)81)79-65-37-16-10-31-57(65)58-32-11-17-38-66(58)79)78-75(77-73)82-70-42-21-15-36-62(70)64-49-52(44-46-72(64)82)80-67-39-18-12-33-59(67)60-34-13-19-40-68(60)80/h1-49H. The first kappa shape index (κ1) is 46.9. The molecule has 83 heavy (non-hydrogen) atoms. The summed E-state index contributed by atoms with van der Waals surface area (Å²) in [6.45, 7) is 0. The van der Waals surface area contributed by atoms with Crippen LogP contribution in [0.15, 0.2) is 297 Å². The second kappa shape index (κ2) is 18.6. The van der Waals surface area contributed by atoms with Crippen molar-refractivity contribution < 1.29 is 0 Å². The minimum absolute atomic E-state index is 0.525. The van der Waals surface area contributed by atoms with Gasteiger partial charge in [-0.05, 0) is 93.5 Å². The van der Waals surface area contributed by atoms with Gasteiger partial charge in [-0.1, -0.05) is 224 Å². The van der Waals surface area contributed by atoms with Crippen LogP contribution in [0.2, 0.25) is 0 Å². The molecule has 0 saturated heterocycles. The van der Waals surface area contributed by atoms with Crippen molar-refractivity contribution in [2.45, 2.75) is 0 Å². The Morgan fingerprint density at radius 2 is 0.518 bits per heavy atom. The fourth-order valence-electron chi connectivity index (χ4n) is 13.7. The Labute approximate surface area is 478 Å². The lowest BCUT2D eigenvalue weighted by atomic mass is 10.1. The van der Waals surface area contributed by atoms with Crippen molar-refractivity contribution >= 4 is 116 Å². The van der Waals surface area contributed by atoms with Crippen LogP contribution in [0.5, 0.6) is 0 Å². The molecule has 17 aromatic rings. The van der Waals surface area contributed by atoms with Crippen LogP contribution in [0, 0.1) is 0 Å². The fraction of sp³-hybridized carbons (Fsp3) is 0. The summed E-state index contributed by atoms with van der Waals surface area (Å²) >= 11 is 0. The van der Waals surface area contributed by atoms with E-state index >= 15 is 0 Å². The number of hydrogen-bond donors (Lipinski definition) is 0. The molecule has 5 aromatic heterocycles. The van der Waals surface area contributed by atoms with Crippen molar-refractivity contribution in [1.82, 2.24) is 33.2 Å². The normalized spacial score (nSPS) is 12.1. The summed E-state index contributed by atoms with van der Waals surface area (Å²) in [7, 11) is -2.95. The van der Waals surface area contributed by atoms with E-state index in [1.165, 1.54) is 42.3 Å². The van der Waals surface area contributed by atoms with Gasteiger partial charge in [0, 0.05) is 60.0 Å². The molecule has 12 aromatic carbocycles. The summed E-state index contributed by atoms with van der Waals surface area (Å²) in [5.41, 5.74) is 11.7. The van der Waals surface area contributed by atoms with Gasteiger partial charge in [0.15, 0.2) is 13.9 Å². The molecule has 0 aliphatic rings. The number of hydrogen-bond acceptors (Lipinski definition) is 3. The van der Waals surface area contributed by atoms with Crippen LogP contribution >= 0.6 is 0 Å². The third-order valence-electron chi connectivity index (χ3n) is 17.2. The number of benzene rings is 12. The van der Waals surface area contributed by atoms with E-state index in [0.29, 0.717) is 17.7 Å². The summed E-state index contributed by atoms with van der Waals surface area (Å²) in [6, 6.07) is 108. The average Bonchev–Trinajstić information content (AvgIpc) is 4.43. The molecule has 0 N–H and O–H groups in total. The average molecular weight is 1080 g/mol. The van der Waals surface area contributed by atoms with Gasteiger partial charge in [0.05, 0.1) is 44.1 Å². The SMILES string of the molecule is c1ccc([Si](c2ccccc2)(c2ccccc2)c2cccc(-c3nc(-n4c5ccccc5c5cc(-n6c7ccccc7c7ccccc76)ccc54)nc(-n4c5ccccc5c5cc(-n6c7ccccc7c7ccccc76)ccc54)n3)c2)cc1. The first-order chi connectivity index (χ1) is 41.2. The van der Waals surface area contributed by atoms with Crippen molar-refractivity contribution in [2.75, 3.05) is 0 Å². The van der Waals surface area contributed by atoms with Crippen LogP contribution in [-0.4, -0.2) is 41.3 Å². The topological polar surface area (TPSA) is 58.4 Å². The van der Waals surface area contributed by atoms with E-state index in [1.807, 2.05) is 0 Å². The van der Waals surface area contributed by atoms with Crippen LogP contribution in [0.25, 0.3) is 122 Å². The molecule has 0 amide bonds. The van der Waals surface area contributed by atoms with E-state index in [-0.39, 0.29) is 0 Å². The Hall–Kier alpha value is -10.9. The van der Waals surface area contributed by atoms with Gasteiger partial charge in [0.1, 0.15) is 0 Å². The minimum atomic E-state index is -2.95. The Bertz CT molecular complexity index is 4950. The molecule has 388 valence electrons. The van der Waals surface area contributed by atoms with Crippen molar-refractivity contribution in [1.29, 1.82) is 0 Å². The molecule has 8 heteroatoms. The van der Waals surface area contributed by atoms with Crippen molar-refractivity contribution in [3.8, 4) is 34.7 Å². The molecule has 0 unspecified atom stereocenters. The summed E-state index contributed by atoms with van der Waals surface area (Å²) in [6.07, 6.45) is 0. The number of para-hydroxylation sites is 6. The molecule has 0 fully saturated rings. The number of rotatable bonds is 9. The highest BCUT2D eigenvalue weighted by Crippen LogP contribution is 2.40. The van der Waals surface area contributed by atoms with Crippen molar-refractivity contribution in [3.05, 3.63) is 297 Å². The molecule has 5 heterocycles. The lowest BCUT2D eigenvalue weighted by Crippen LogP contribution is -2.74. The first-order valence-corrected chi connectivity index (χ1v) is 30.3. The van der Waals surface area contributed by atoms with Gasteiger partial charge in [0.25, 0.3) is 0 Å². The molecule has 0 aliphatic heterocycles. The maximum atomic E-state index is 5.67. The van der Waals surface area contributed by atoms with Crippen LogP contribution in [-0.2, 0) is 0 Å². The lowest BCUT2D eigenvalue weighted by molar-refractivity contribution is 0.893. The predicted octanol–water partition coefficient (Wildman–Crippen LogP) is 15.3. The molecular formula is C75H49N7Si. The first-order valence-electron chi connectivity index (χ1n) is 28.3. The van der Waals surface area contributed by atoms with Crippen molar-refractivity contribution in [2.24, 2.45) is 0 Å². The van der Waals surface area contributed by atoms with Gasteiger partial charge >= 0.3 is 0 Å². The van der Waals surface area contributed by atoms with E-state index < -0.39 is 8.07 Å². The quantitative estimate of drug-likeness (QED) is 0.107. The molecule has 0 saturated carbocycles. The second-order valence-electron chi connectivity index (χ2n) is 21.5. The highest BCUT2D eigenvalue weighted by Gasteiger charge is 2.41. The van der Waals surface area contributed by atoms with E-state index in [9.17, 15) is 0 Å².